The van der Waals surface area contributed by atoms with Crippen molar-refractivity contribution in [2.45, 2.75) is 0 Å². The van der Waals surface area contributed by atoms with Gasteiger partial charge in [0.05, 0.1) is 11.2 Å². The van der Waals surface area contributed by atoms with Crippen molar-refractivity contribution in [3.8, 4) is 11.3 Å². The molecule has 0 saturated heterocycles. The summed E-state index contributed by atoms with van der Waals surface area (Å²) in [7, 11) is 0. The molecule has 29 heavy (non-hydrogen) atoms. The van der Waals surface area contributed by atoms with Gasteiger partial charge in [-0.25, -0.2) is 9.97 Å². The molecule has 7 heteroatoms. The summed E-state index contributed by atoms with van der Waals surface area (Å²) in [4.78, 5) is 31.9. The Labute approximate surface area is 171 Å². The molecule has 1 heterocycles. The molecule has 0 saturated carbocycles. The van der Waals surface area contributed by atoms with Crippen LogP contribution in [0.15, 0.2) is 66.7 Å². The minimum Gasteiger partial charge on any atom is -0.368 e. The molecule has 0 fully saturated rings. The molecular formula is C22H15ClN4O2. The molecule has 142 valence electrons. The maximum atomic E-state index is 12.4. The summed E-state index contributed by atoms with van der Waals surface area (Å²) in [6, 6.07) is 19.0. The van der Waals surface area contributed by atoms with Crippen molar-refractivity contribution in [2.75, 3.05) is 11.1 Å². The van der Waals surface area contributed by atoms with Crippen molar-refractivity contribution >= 4 is 46.3 Å². The van der Waals surface area contributed by atoms with Crippen molar-refractivity contribution < 1.29 is 9.59 Å². The van der Waals surface area contributed by atoms with Crippen LogP contribution in [0.1, 0.15) is 20.7 Å². The molecule has 6 nitrogen and oxygen atoms in total. The second kappa shape index (κ2) is 7.69. The van der Waals surface area contributed by atoms with E-state index in [4.69, 9.17) is 17.3 Å². The van der Waals surface area contributed by atoms with E-state index in [1.807, 2.05) is 12.1 Å². The molecule has 4 rings (SSSR count). The standard InChI is InChI=1S/C22H15ClN4O2/c23-16-6-9-19-18(11-16)20(27-22(24)26-19)14-4-7-17(8-5-14)25-21(29)15-3-1-2-13(10-15)12-28/h1-12H,(H,25,29)(H2,24,26,27). The summed E-state index contributed by atoms with van der Waals surface area (Å²) in [6.07, 6.45) is 0.704. The number of amides is 1. The summed E-state index contributed by atoms with van der Waals surface area (Å²) in [5.74, 6) is -0.132. The number of carbonyl (C=O) groups excluding carboxylic acids is 2. The zero-order valence-electron chi connectivity index (χ0n) is 15.1. The highest BCUT2D eigenvalue weighted by Gasteiger charge is 2.11. The number of anilines is 2. The predicted octanol–water partition coefficient (Wildman–Crippen LogP) is 4.60. The molecule has 1 amide bonds. The van der Waals surface area contributed by atoms with Crippen molar-refractivity contribution in [3.05, 3.63) is 82.9 Å². The SMILES string of the molecule is Nc1nc(-c2ccc(NC(=O)c3cccc(C=O)c3)cc2)c2cc(Cl)ccc2n1. The monoisotopic (exact) mass is 402 g/mol. The molecule has 3 aromatic carbocycles. The second-order valence-corrected chi connectivity index (χ2v) is 6.80. The van der Waals surface area contributed by atoms with E-state index in [1.165, 1.54) is 6.07 Å². The lowest BCUT2D eigenvalue weighted by Crippen LogP contribution is -2.12. The number of halogens is 1. The number of nitrogens with one attached hydrogen (secondary N) is 1. The number of aromatic nitrogens is 2. The number of hydrogen-bond acceptors (Lipinski definition) is 5. The number of nitrogen functional groups attached to an aromatic ring is 1. The van der Waals surface area contributed by atoms with E-state index < -0.39 is 0 Å². The van der Waals surface area contributed by atoms with Gasteiger partial charge in [0.1, 0.15) is 6.29 Å². The van der Waals surface area contributed by atoms with E-state index in [-0.39, 0.29) is 11.9 Å². The normalized spacial score (nSPS) is 10.7. The predicted molar refractivity (Wildman–Crippen MR) is 114 cm³/mol. The number of hydrogen-bond donors (Lipinski definition) is 2. The van der Waals surface area contributed by atoms with Gasteiger partial charge in [-0.05, 0) is 42.5 Å². The molecule has 0 aliphatic heterocycles. The van der Waals surface area contributed by atoms with Crippen LogP contribution in [0.3, 0.4) is 0 Å². The van der Waals surface area contributed by atoms with Gasteiger partial charge >= 0.3 is 0 Å². The number of benzene rings is 3. The number of nitrogens with two attached hydrogens (primary N) is 1. The Morgan fingerprint density at radius 1 is 1.00 bits per heavy atom. The van der Waals surface area contributed by atoms with Gasteiger partial charge in [0, 0.05) is 32.8 Å². The Bertz CT molecular complexity index is 1240. The smallest absolute Gasteiger partial charge is 0.255 e. The van der Waals surface area contributed by atoms with E-state index in [1.54, 1.807) is 48.5 Å². The minimum atomic E-state index is -0.301. The third-order valence-corrected chi connectivity index (χ3v) is 4.61. The molecule has 3 N–H and O–H groups in total. The van der Waals surface area contributed by atoms with Gasteiger partial charge in [-0.3, -0.25) is 9.59 Å². The van der Waals surface area contributed by atoms with E-state index in [2.05, 4.69) is 15.3 Å². The quantitative estimate of drug-likeness (QED) is 0.486. The Balaban J connectivity index is 1.63. The Hall–Kier alpha value is -3.77. The fourth-order valence-electron chi connectivity index (χ4n) is 3.01. The van der Waals surface area contributed by atoms with Gasteiger partial charge in [0.2, 0.25) is 5.95 Å². The topological polar surface area (TPSA) is 98.0 Å². The van der Waals surface area contributed by atoms with Crippen LogP contribution in [0.25, 0.3) is 22.2 Å². The van der Waals surface area contributed by atoms with Crippen LogP contribution in [0, 0.1) is 0 Å². The average Bonchev–Trinajstić information content (AvgIpc) is 2.74. The van der Waals surface area contributed by atoms with Gasteiger partial charge in [0.25, 0.3) is 5.91 Å². The zero-order valence-corrected chi connectivity index (χ0v) is 15.9. The molecule has 0 aliphatic carbocycles. The van der Waals surface area contributed by atoms with Gasteiger partial charge in [-0.2, -0.15) is 0 Å². The minimum absolute atomic E-state index is 0.169. The summed E-state index contributed by atoms with van der Waals surface area (Å²) < 4.78 is 0. The maximum absolute atomic E-state index is 12.4. The molecule has 1 aromatic heterocycles. The zero-order chi connectivity index (χ0) is 20.4. The molecule has 0 unspecified atom stereocenters. The molecule has 0 radical (unpaired) electrons. The van der Waals surface area contributed by atoms with Crippen molar-refractivity contribution in [1.82, 2.24) is 9.97 Å². The number of rotatable bonds is 4. The molecule has 0 bridgehead atoms. The Morgan fingerprint density at radius 3 is 2.55 bits per heavy atom. The number of fused-ring (bicyclic) bond motifs is 1. The van der Waals surface area contributed by atoms with Crippen molar-refractivity contribution in [2.24, 2.45) is 0 Å². The number of carbonyl (C=O) groups is 2. The Kier molecular flexibility index (Phi) is 4.93. The van der Waals surface area contributed by atoms with Crippen LogP contribution in [0.2, 0.25) is 5.02 Å². The number of aldehydes is 1. The van der Waals surface area contributed by atoms with Crippen molar-refractivity contribution in [1.29, 1.82) is 0 Å². The van der Waals surface area contributed by atoms with E-state index >= 15 is 0 Å². The highest BCUT2D eigenvalue weighted by Crippen LogP contribution is 2.29. The molecule has 4 aromatic rings. The van der Waals surface area contributed by atoms with Crippen LogP contribution in [0.5, 0.6) is 0 Å². The lowest BCUT2D eigenvalue weighted by molar-refractivity contribution is 0.102. The summed E-state index contributed by atoms with van der Waals surface area (Å²) in [6.45, 7) is 0. The van der Waals surface area contributed by atoms with Crippen LogP contribution in [-0.4, -0.2) is 22.2 Å². The largest absolute Gasteiger partial charge is 0.368 e. The van der Waals surface area contributed by atoms with E-state index in [9.17, 15) is 9.59 Å². The molecule has 0 atom stereocenters. The maximum Gasteiger partial charge on any atom is 0.255 e. The van der Waals surface area contributed by atoms with Crippen LogP contribution in [-0.2, 0) is 0 Å². The first-order valence-corrected chi connectivity index (χ1v) is 9.11. The summed E-state index contributed by atoms with van der Waals surface area (Å²) >= 11 is 6.12. The van der Waals surface area contributed by atoms with Crippen LogP contribution in [0.4, 0.5) is 11.6 Å². The molecule has 0 aliphatic rings. The first kappa shape index (κ1) is 18.6. The summed E-state index contributed by atoms with van der Waals surface area (Å²) in [5, 5.41) is 4.18. The third kappa shape index (κ3) is 3.93. The van der Waals surface area contributed by atoms with E-state index in [0.717, 1.165) is 10.9 Å². The highest BCUT2D eigenvalue weighted by molar-refractivity contribution is 6.31. The van der Waals surface area contributed by atoms with Gasteiger partial charge in [-0.1, -0.05) is 35.9 Å². The lowest BCUT2D eigenvalue weighted by atomic mass is 10.1. The van der Waals surface area contributed by atoms with Gasteiger partial charge in [-0.15, -0.1) is 0 Å². The fourth-order valence-corrected chi connectivity index (χ4v) is 3.18. The van der Waals surface area contributed by atoms with Gasteiger partial charge in [0.15, 0.2) is 0 Å². The van der Waals surface area contributed by atoms with E-state index in [0.29, 0.717) is 39.3 Å². The van der Waals surface area contributed by atoms with Crippen molar-refractivity contribution in [3.63, 3.8) is 0 Å². The van der Waals surface area contributed by atoms with Gasteiger partial charge < -0.3 is 11.1 Å². The average molecular weight is 403 g/mol. The first-order chi connectivity index (χ1) is 14.0. The number of nitrogens with zero attached hydrogens (tertiary/aromatic N) is 2. The molecular weight excluding hydrogens is 388 g/mol. The second-order valence-electron chi connectivity index (χ2n) is 6.37. The molecule has 0 spiro atoms. The summed E-state index contributed by atoms with van der Waals surface area (Å²) in [5.41, 5.74) is 9.48. The highest BCUT2D eigenvalue weighted by atomic mass is 35.5. The lowest BCUT2D eigenvalue weighted by Gasteiger charge is -2.09. The van der Waals surface area contributed by atoms with Crippen LogP contribution >= 0.6 is 11.6 Å². The fraction of sp³-hybridized carbons (Fsp3) is 0. The first-order valence-electron chi connectivity index (χ1n) is 8.73. The van der Waals surface area contributed by atoms with Crippen LogP contribution < -0.4 is 11.1 Å². The Morgan fingerprint density at radius 2 is 1.79 bits per heavy atom. The third-order valence-electron chi connectivity index (χ3n) is 4.38.